The summed E-state index contributed by atoms with van der Waals surface area (Å²) in [6, 6.07) is 2.16. The molecule has 2 saturated carbocycles. The van der Waals surface area contributed by atoms with Gasteiger partial charge in [0.2, 0.25) is 10.0 Å². The molecule has 5 nitrogen and oxygen atoms in total. The number of amides is 1. The van der Waals surface area contributed by atoms with Crippen LogP contribution in [0.2, 0.25) is 5.02 Å². The van der Waals surface area contributed by atoms with Gasteiger partial charge in [-0.25, -0.2) is 17.5 Å². The fourth-order valence-corrected chi connectivity index (χ4v) is 4.80. The lowest BCUT2D eigenvalue weighted by Crippen LogP contribution is -2.31. The number of benzene rings is 1. The van der Waals surface area contributed by atoms with E-state index in [-0.39, 0.29) is 16.9 Å². The number of sulfonamides is 1. The maximum absolute atomic E-state index is 14.3. The molecule has 2 aliphatic carbocycles. The third-order valence-electron chi connectivity index (χ3n) is 5.50. The molecule has 1 N–H and O–H groups in total. The molecule has 1 aromatic rings. The summed E-state index contributed by atoms with van der Waals surface area (Å²) in [7, 11) is -3.79. The zero-order valence-corrected chi connectivity index (χ0v) is 18.3. The van der Waals surface area contributed by atoms with Crippen LogP contribution in [0.25, 0.3) is 0 Å². The Kier molecular flexibility index (Phi) is 7.73. The SMILES string of the molecule is CC.CS(=O)(=O)NC(=O)c1cc(Cl)c(OC2CCC3(CCCC3)CC2)cc1F. The van der Waals surface area contributed by atoms with Crippen molar-refractivity contribution in [2.45, 2.75) is 71.3 Å². The van der Waals surface area contributed by atoms with Gasteiger partial charge in [-0.3, -0.25) is 4.79 Å². The Bertz CT molecular complexity index is 797. The Morgan fingerprint density at radius 3 is 2.29 bits per heavy atom. The minimum atomic E-state index is -3.79. The van der Waals surface area contributed by atoms with Crippen molar-refractivity contribution in [3.05, 3.63) is 28.5 Å². The van der Waals surface area contributed by atoms with Crippen LogP contribution in [0.1, 0.15) is 75.6 Å². The van der Waals surface area contributed by atoms with Crippen molar-refractivity contribution in [2.75, 3.05) is 6.26 Å². The fraction of sp³-hybridized carbons (Fsp3) is 0.650. The van der Waals surface area contributed by atoms with Crippen LogP contribution in [-0.4, -0.2) is 26.7 Å². The lowest BCUT2D eigenvalue weighted by Gasteiger charge is -2.37. The van der Waals surface area contributed by atoms with E-state index >= 15 is 0 Å². The monoisotopic (exact) mass is 433 g/mol. The second-order valence-corrected chi connectivity index (χ2v) is 9.65. The highest BCUT2D eigenvalue weighted by atomic mass is 35.5. The minimum Gasteiger partial charge on any atom is -0.489 e. The molecule has 28 heavy (non-hydrogen) atoms. The summed E-state index contributed by atoms with van der Waals surface area (Å²) in [4.78, 5) is 11.8. The average Bonchev–Trinajstić information content (AvgIpc) is 3.08. The van der Waals surface area contributed by atoms with E-state index in [4.69, 9.17) is 16.3 Å². The van der Waals surface area contributed by atoms with Crippen LogP contribution in [0.5, 0.6) is 5.75 Å². The second kappa shape index (κ2) is 9.44. The second-order valence-electron chi connectivity index (χ2n) is 7.49. The summed E-state index contributed by atoms with van der Waals surface area (Å²) in [6.07, 6.45) is 10.1. The molecule has 8 heteroatoms. The number of ether oxygens (including phenoxy) is 1. The smallest absolute Gasteiger partial charge is 0.267 e. The first-order valence-electron chi connectivity index (χ1n) is 9.85. The van der Waals surface area contributed by atoms with Crippen LogP contribution in [0.4, 0.5) is 4.39 Å². The van der Waals surface area contributed by atoms with E-state index < -0.39 is 27.3 Å². The quantitative estimate of drug-likeness (QED) is 0.718. The summed E-state index contributed by atoms with van der Waals surface area (Å²) in [5.74, 6) is -1.74. The number of hydrogen-bond acceptors (Lipinski definition) is 4. The first-order valence-corrected chi connectivity index (χ1v) is 12.1. The number of nitrogens with one attached hydrogen (secondary N) is 1. The largest absolute Gasteiger partial charge is 0.489 e. The van der Waals surface area contributed by atoms with Crippen LogP contribution in [0.15, 0.2) is 12.1 Å². The van der Waals surface area contributed by atoms with Crippen molar-refractivity contribution in [3.63, 3.8) is 0 Å². The number of halogens is 2. The molecule has 0 aliphatic heterocycles. The van der Waals surface area contributed by atoms with E-state index in [9.17, 15) is 17.6 Å². The molecular weight excluding hydrogens is 405 g/mol. The molecule has 0 saturated heterocycles. The molecule has 0 radical (unpaired) electrons. The molecular formula is C20H29ClFNO4S. The molecule has 1 aromatic carbocycles. The molecule has 0 unspecified atom stereocenters. The molecule has 0 heterocycles. The van der Waals surface area contributed by atoms with Gasteiger partial charge in [0, 0.05) is 6.07 Å². The lowest BCUT2D eigenvalue weighted by molar-refractivity contribution is 0.0822. The van der Waals surface area contributed by atoms with Gasteiger partial charge in [-0.1, -0.05) is 38.3 Å². The van der Waals surface area contributed by atoms with Crippen molar-refractivity contribution in [1.82, 2.24) is 4.72 Å². The van der Waals surface area contributed by atoms with Crippen molar-refractivity contribution in [1.29, 1.82) is 0 Å². The molecule has 2 aliphatic rings. The number of carbonyl (C=O) groups is 1. The van der Waals surface area contributed by atoms with Crippen LogP contribution >= 0.6 is 11.6 Å². The predicted octanol–water partition coefficient (Wildman–Crippen LogP) is 5.08. The highest BCUT2D eigenvalue weighted by molar-refractivity contribution is 7.89. The highest BCUT2D eigenvalue weighted by Crippen LogP contribution is 2.49. The number of hydrogen-bond donors (Lipinski definition) is 1. The highest BCUT2D eigenvalue weighted by Gasteiger charge is 2.38. The topological polar surface area (TPSA) is 72.5 Å². The van der Waals surface area contributed by atoms with Gasteiger partial charge < -0.3 is 4.74 Å². The van der Waals surface area contributed by atoms with E-state index in [2.05, 4.69) is 0 Å². The summed E-state index contributed by atoms with van der Waals surface area (Å²) in [5.41, 5.74) is 0.0454. The molecule has 158 valence electrons. The van der Waals surface area contributed by atoms with E-state index in [1.807, 2.05) is 13.8 Å². The van der Waals surface area contributed by atoms with Gasteiger partial charge in [0.05, 0.1) is 22.9 Å². The van der Waals surface area contributed by atoms with E-state index in [0.717, 1.165) is 44.1 Å². The van der Waals surface area contributed by atoms with Gasteiger partial charge in [-0.15, -0.1) is 0 Å². The Hall–Kier alpha value is -1.34. The average molecular weight is 434 g/mol. The summed E-state index contributed by atoms with van der Waals surface area (Å²) >= 11 is 6.14. The van der Waals surface area contributed by atoms with E-state index in [1.54, 1.807) is 4.72 Å². The van der Waals surface area contributed by atoms with Crippen molar-refractivity contribution in [3.8, 4) is 5.75 Å². The van der Waals surface area contributed by atoms with Crippen molar-refractivity contribution in [2.24, 2.45) is 5.41 Å². The Labute approximate surface area is 172 Å². The van der Waals surface area contributed by atoms with Crippen molar-refractivity contribution >= 4 is 27.5 Å². The third-order valence-corrected chi connectivity index (χ3v) is 6.35. The third kappa shape index (κ3) is 5.83. The van der Waals surface area contributed by atoms with Gasteiger partial charge in [0.1, 0.15) is 11.6 Å². The van der Waals surface area contributed by atoms with Crippen LogP contribution in [0, 0.1) is 11.2 Å². The van der Waals surface area contributed by atoms with E-state index in [1.165, 1.54) is 25.7 Å². The minimum absolute atomic E-state index is 0.0196. The molecule has 1 spiro atoms. The zero-order chi connectivity index (χ0) is 20.9. The van der Waals surface area contributed by atoms with Gasteiger partial charge in [0.15, 0.2) is 0 Å². The maximum atomic E-state index is 14.3. The zero-order valence-electron chi connectivity index (χ0n) is 16.7. The first kappa shape index (κ1) is 22.9. The van der Waals surface area contributed by atoms with Crippen LogP contribution in [0.3, 0.4) is 0 Å². The number of carbonyl (C=O) groups excluding carboxylic acids is 1. The molecule has 0 bridgehead atoms. The van der Waals surface area contributed by atoms with Gasteiger partial charge >= 0.3 is 0 Å². The van der Waals surface area contributed by atoms with Gasteiger partial charge in [-0.05, 0) is 50.0 Å². The Morgan fingerprint density at radius 1 is 1.18 bits per heavy atom. The molecule has 0 aromatic heterocycles. The summed E-state index contributed by atoms with van der Waals surface area (Å²) in [5, 5.41) is 0.0891. The molecule has 1 amide bonds. The Morgan fingerprint density at radius 2 is 1.75 bits per heavy atom. The predicted molar refractivity (Wildman–Crippen MR) is 109 cm³/mol. The van der Waals surface area contributed by atoms with Gasteiger partial charge in [-0.2, -0.15) is 0 Å². The first-order chi connectivity index (χ1) is 13.2. The number of rotatable bonds is 4. The van der Waals surface area contributed by atoms with E-state index in [0.29, 0.717) is 5.41 Å². The fourth-order valence-electron chi connectivity index (χ4n) is 4.14. The maximum Gasteiger partial charge on any atom is 0.267 e. The standard InChI is InChI=1S/C18H23ClFNO4S.C2H6/c1-26(23,24)21-17(22)13-10-14(19)16(11-15(13)20)25-12-4-8-18(9-5-12)6-2-3-7-18;1-2/h10-12H,2-9H2,1H3,(H,21,22);1-2H3. The van der Waals surface area contributed by atoms with Gasteiger partial charge in [0.25, 0.3) is 5.91 Å². The van der Waals surface area contributed by atoms with Crippen LogP contribution in [-0.2, 0) is 10.0 Å². The Balaban J connectivity index is 0.00000136. The summed E-state index contributed by atoms with van der Waals surface area (Å²) < 4.78 is 44.1. The molecule has 3 rings (SSSR count). The molecule has 0 atom stereocenters. The van der Waals surface area contributed by atoms with Crippen molar-refractivity contribution < 1.29 is 22.3 Å². The summed E-state index contributed by atoms with van der Waals surface area (Å²) in [6.45, 7) is 4.00. The normalized spacial score (nSPS) is 19.0. The molecule has 2 fully saturated rings. The lowest BCUT2D eigenvalue weighted by atomic mass is 9.72. The van der Waals surface area contributed by atoms with Crippen LogP contribution < -0.4 is 9.46 Å².